The van der Waals surface area contributed by atoms with E-state index in [9.17, 15) is 14.9 Å². The summed E-state index contributed by atoms with van der Waals surface area (Å²) in [5.74, 6) is -0.199. The predicted molar refractivity (Wildman–Crippen MR) is 69.9 cm³/mol. The molecule has 2 aromatic rings. The van der Waals surface area contributed by atoms with Crippen LogP contribution in [0.2, 0.25) is 0 Å². The van der Waals surface area contributed by atoms with Crippen molar-refractivity contribution in [2.75, 3.05) is 0 Å². The Morgan fingerprint density at radius 1 is 1.26 bits per heavy atom. The van der Waals surface area contributed by atoms with Gasteiger partial charge in [0.2, 0.25) is 0 Å². The lowest BCUT2D eigenvalue weighted by atomic mass is 10.1. The minimum atomic E-state index is -0.801. The lowest BCUT2D eigenvalue weighted by Gasteiger charge is -2.13. The van der Waals surface area contributed by atoms with Crippen molar-refractivity contribution in [3.63, 3.8) is 0 Å². The standard InChI is InChI=1S/C13H12N2O4/c1-8(13(14)16)19-12-7-6-11(15(17)18)9-4-2-3-5-10(9)12/h2-8H,1H3,(H2,14,16). The molecule has 0 aromatic heterocycles. The normalized spacial score (nSPS) is 12.1. The topological polar surface area (TPSA) is 95.5 Å². The fourth-order valence-electron chi connectivity index (χ4n) is 1.77. The van der Waals surface area contributed by atoms with E-state index in [0.29, 0.717) is 16.5 Å². The van der Waals surface area contributed by atoms with Crippen molar-refractivity contribution in [2.24, 2.45) is 5.73 Å². The molecular formula is C13H12N2O4. The average Bonchev–Trinajstić information content (AvgIpc) is 2.38. The Morgan fingerprint density at radius 3 is 2.47 bits per heavy atom. The molecule has 1 amide bonds. The summed E-state index contributed by atoms with van der Waals surface area (Å²) in [4.78, 5) is 21.5. The van der Waals surface area contributed by atoms with Crippen molar-refractivity contribution in [1.29, 1.82) is 0 Å². The van der Waals surface area contributed by atoms with Crippen LogP contribution in [0.15, 0.2) is 36.4 Å². The van der Waals surface area contributed by atoms with Gasteiger partial charge in [0, 0.05) is 11.5 Å². The Morgan fingerprint density at radius 2 is 1.89 bits per heavy atom. The van der Waals surface area contributed by atoms with Crippen LogP contribution in [-0.4, -0.2) is 16.9 Å². The molecule has 0 bridgehead atoms. The Kier molecular flexibility index (Phi) is 3.33. The van der Waals surface area contributed by atoms with Gasteiger partial charge < -0.3 is 10.5 Å². The highest BCUT2D eigenvalue weighted by Crippen LogP contribution is 2.33. The fraction of sp³-hybridized carbons (Fsp3) is 0.154. The molecule has 2 rings (SSSR count). The maximum atomic E-state index is 11.0. The first-order chi connectivity index (χ1) is 9.00. The second kappa shape index (κ2) is 4.93. The maximum absolute atomic E-state index is 11.0. The minimum Gasteiger partial charge on any atom is -0.480 e. The third-order valence-electron chi connectivity index (χ3n) is 2.76. The van der Waals surface area contributed by atoms with Gasteiger partial charge in [0.25, 0.3) is 11.6 Å². The van der Waals surface area contributed by atoms with Crippen molar-refractivity contribution < 1.29 is 14.5 Å². The van der Waals surface area contributed by atoms with Crippen molar-refractivity contribution in [2.45, 2.75) is 13.0 Å². The van der Waals surface area contributed by atoms with E-state index in [4.69, 9.17) is 10.5 Å². The highest BCUT2D eigenvalue weighted by Gasteiger charge is 2.17. The Balaban J connectivity index is 2.55. The zero-order chi connectivity index (χ0) is 14.0. The van der Waals surface area contributed by atoms with Crippen LogP contribution in [0.25, 0.3) is 10.8 Å². The van der Waals surface area contributed by atoms with Crippen LogP contribution in [0.5, 0.6) is 5.75 Å². The molecule has 0 spiro atoms. The molecule has 0 saturated carbocycles. The lowest BCUT2D eigenvalue weighted by molar-refractivity contribution is -0.383. The van der Waals surface area contributed by atoms with Crippen molar-refractivity contribution in [3.8, 4) is 5.75 Å². The van der Waals surface area contributed by atoms with Crippen molar-refractivity contribution >= 4 is 22.4 Å². The second-order valence-electron chi connectivity index (χ2n) is 4.05. The van der Waals surface area contributed by atoms with Crippen molar-refractivity contribution in [3.05, 3.63) is 46.5 Å². The average molecular weight is 260 g/mol. The quantitative estimate of drug-likeness (QED) is 0.671. The van der Waals surface area contributed by atoms with Gasteiger partial charge in [-0.05, 0) is 19.1 Å². The molecule has 0 fully saturated rings. The number of benzene rings is 2. The molecule has 2 aromatic carbocycles. The molecule has 1 unspecified atom stereocenters. The van der Waals surface area contributed by atoms with E-state index in [1.165, 1.54) is 19.1 Å². The number of carbonyl (C=O) groups excluding carboxylic acids is 1. The van der Waals surface area contributed by atoms with Crippen LogP contribution >= 0.6 is 0 Å². The van der Waals surface area contributed by atoms with Gasteiger partial charge in [-0.3, -0.25) is 14.9 Å². The first-order valence-electron chi connectivity index (χ1n) is 5.63. The van der Waals surface area contributed by atoms with Gasteiger partial charge in [0.05, 0.1) is 10.3 Å². The summed E-state index contributed by atoms with van der Waals surface area (Å²) in [6.07, 6.45) is -0.801. The molecule has 1 atom stereocenters. The molecule has 6 nitrogen and oxygen atoms in total. The molecule has 98 valence electrons. The van der Waals surface area contributed by atoms with Crippen LogP contribution in [0.1, 0.15) is 6.92 Å². The third kappa shape index (κ3) is 2.47. The molecule has 0 radical (unpaired) electrons. The number of fused-ring (bicyclic) bond motifs is 1. The van der Waals surface area contributed by atoms with E-state index in [1.54, 1.807) is 24.3 Å². The first-order valence-corrected chi connectivity index (χ1v) is 5.63. The van der Waals surface area contributed by atoms with E-state index in [-0.39, 0.29) is 5.69 Å². The number of ether oxygens (including phenoxy) is 1. The number of nitro benzene ring substituents is 1. The zero-order valence-electron chi connectivity index (χ0n) is 10.2. The van der Waals surface area contributed by atoms with E-state index in [2.05, 4.69) is 0 Å². The second-order valence-corrected chi connectivity index (χ2v) is 4.05. The molecule has 0 aliphatic carbocycles. The number of carbonyl (C=O) groups is 1. The van der Waals surface area contributed by atoms with E-state index in [1.807, 2.05) is 0 Å². The monoisotopic (exact) mass is 260 g/mol. The SMILES string of the molecule is CC(Oc1ccc([N+](=O)[O-])c2ccccc12)C(N)=O. The van der Waals surface area contributed by atoms with Gasteiger partial charge in [0.15, 0.2) is 6.10 Å². The smallest absolute Gasteiger partial charge is 0.277 e. The summed E-state index contributed by atoms with van der Waals surface area (Å²) in [5, 5.41) is 12.0. The van der Waals surface area contributed by atoms with Crippen molar-refractivity contribution in [1.82, 2.24) is 0 Å². The van der Waals surface area contributed by atoms with Gasteiger partial charge in [-0.2, -0.15) is 0 Å². The summed E-state index contributed by atoms with van der Waals surface area (Å²) in [5.41, 5.74) is 5.13. The van der Waals surface area contributed by atoms with Gasteiger partial charge in [-0.1, -0.05) is 18.2 Å². The summed E-state index contributed by atoms with van der Waals surface area (Å²) < 4.78 is 5.43. The number of amides is 1. The summed E-state index contributed by atoms with van der Waals surface area (Å²) in [6, 6.07) is 9.61. The lowest BCUT2D eigenvalue weighted by Crippen LogP contribution is -2.30. The van der Waals surface area contributed by atoms with Crippen LogP contribution in [0.3, 0.4) is 0 Å². The molecule has 2 N–H and O–H groups in total. The van der Waals surface area contributed by atoms with E-state index in [0.717, 1.165) is 0 Å². The number of nitrogens with two attached hydrogens (primary N) is 1. The van der Waals surface area contributed by atoms with Crippen LogP contribution in [-0.2, 0) is 4.79 Å². The highest BCUT2D eigenvalue weighted by atomic mass is 16.6. The predicted octanol–water partition coefficient (Wildman–Crippen LogP) is 2.00. The van der Waals surface area contributed by atoms with Crippen LogP contribution in [0, 0.1) is 10.1 Å². The summed E-state index contributed by atoms with van der Waals surface area (Å²) >= 11 is 0. The third-order valence-corrected chi connectivity index (χ3v) is 2.76. The molecule has 0 heterocycles. The number of hydrogen-bond acceptors (Lipinski definition) is 4. The van der Waals surface area contributed by atoms with Crippen LogP contribution in [0.4, 0.5) is 5.69 Å². The van der Waals surface area contributed by atoms with Gasteiger partial charge in [-0.15, -0.1) is 0 Å². The van der Waals surface area contributed by atoms with Gasteiger partial charge in [-0.25, -0.2) is 0 Å². The molecule has 19 heavy (non-hydrogen) atoms. The number of nitrogens with zero attached hydrogens (tertiary/aromatic N) is 1. The summed E-state index contributed by atoms with van der Waals surface area (Å²) in [6.45, 7) is 1.53. The largest absolute Gasteiger partial charge is 0.480 e. The van der Waals surface area contributed by atoms with Crippen LogP contribution < -0.4 is 10.5 Å². The molecule has 6 heteroatoms. The Labute approximate surface area is 108 Å². The first kappa shape index (κ1) is 12.8. The van der Waals surface area contributed by atoms with E-state index < -0.39 is 16.9 Å². The molecule has 0 saturated heterocycles. The highest BCUT2D eigenvalue weighted by molar-refractivity contribution is 5.95. The Hall–Kier alpha value is -2.63. The number of nitro groups is 1. The summed E-state index contributed by atoms with van der Waals surface area (Å²) in [7, 11) is 0. The molecule has 0 aliphatic rings. The molecular weight excluding hydrogens is 248 g/mol. The number of rotatable bonds is 4. The number of non-ortho nitro benzene ring substituents is 1. The minimum absolute atomic E-state index is 0.00493. The van der Waals surface area contributed by atoms with Gasteiger partial charge >= 0.3 is 0 Å². The van der Waals surface area contributed by atoms with Gasteiger partial charge in [0.1, 0.15) is 5.75 Å². The zero-order valence-corrected chi connectivity index (χ0v) is 10.2. The maximum Gasteiger partial charge on any atom is 0.277 e. The van der Waals surface area contributed by atoms with E-state index >= 15 is 0 Å². The fourth-order valence-corrected chi connectivity index (χ4v) is 1.77. The molecule has 0 aliphatic heterocycles. The number of primary amides is 1. The Bertz CT molecular complexity index is 654. The number of hydrogen-bond donors (Lipinski definition) is 1.